The van der Waals surface area contributed by atoms with Crippen LogP contribution in [0.5, 0.6) is 0 Å². The summed E-state index contributed by atoms with van der Waals surface area (Å²) in [5.74, 6) is 0. The molecule has 0 aliphatic carbocycles. The van der Waals surface area contributed by atoms with E-state index in [9.17, 15) is 5.11 Å². The Morgan fingerprint density at radius 1 is 1.53 bits per heavy atom. The molecule has 4 heteroatoms. The molecule has 98 valence electrons. The minimum atomic E-state index is -0.185. The number of rotatable bonds is 7. The van der Waals surface area contributed by atoms with Gasteiger partial charge in [0.15, 0.2) is 0 Å². The number of nitrogens with one attached hydrogen (secondary N) is 1. The molecule has 0 spiro atoms. The summed E-state index contributed by atoms with van der Waals surface area (Å²) in [4.78, 5) is 0. The molecule has 0 aliphatic heterocycles. The van der Waals surface area contributed by atoms with Gasteiger partial charge in [0.2, 0.25) is 0 Å². The van der Waals surface area contributed by atoms with E-state index < -0.39 is 0 Å². The number of aromatic nitrogens is 2. The molecule has 0 fully saturated rings. The first-order valence-electron chi connectivity index (χ1n) is 6.34. The van der Waals surface area contributed by atoms with Crippen molar-refractivity contribution >= 4 is 0 Å². The van der Waals surface area contributed by atoms with Crippen molar-refractivity contribution in [2.45, 2.75) is 58.7 Å². The maximum atomic E-state index is 9.46. The van der Waals surface area contributed by atoms with E-state index >= 15 is 0 Å². The van der Waals surface area contributed by atoms with E-state index in [-0.39, 0.29) is 12.1 Å². The molecule has 1 aromatic rings. The molecule has 0 amide bonds. The second-order valence-corrected chi connectivity index (χ2v) is 5.32. The number of aliphatic hydroxyl groups is 1. The summed E-state index contributed by atoms with van der Waals surface area (Å²) in [6.45, 7) is 9.42. The average Bonchev–Trinajstić information content (AvgIpc) is 2.63. The Kier molecular flexibility index (Phi) is 5.15. The molecule has 0 saturated heterocycles. The zero-order valence-electron chi connectivity index (χ0n) is 11.4. The lowest BCUT2D eigenvalue weighted by Crippen LogP contribution is -2.49. The van der Waals surface area contributed by atoms with Crippen LogP contribution in [0.4, 0.5) is 0 Å². The summed E-state index contributed by atoms with van der Waals surface area (Å²) >= 11 is 0. The SMILES string of the molecule is Cc1ccnn1CCCC(C)(CO)NC(C)C. The quantitative estimate of drug-likeness (QED) is 0.761. The lowest BCUT2D eigenvalue weighted by Gasteiger charge is -2.31. The first-order valence-corrected chi connectivity index (χ1v) is 6.34. The summed E-state index contributed by atoms with van der Waals surface area (Å²) in [7, 11) is 0. The van der Waals surface area contributed by atoms with Crippen molar-refractivity contribution < 1.29 is 5.11 Å². The Morgan fingerprint density at radius 3 is 2.71 bits per heavy atom. The van der Waals surface area contributed by atoms with Crippen molar-refractivity contribution in [3.63, 3.8) is 0 Å². The maximum absolute atomic E-state index is 9.46. The van der Waals surface area contributed by atoms with Crippen LogP contribution in [0.2, 0.25) is 0 Å². The summed E-state index contributed by atoms with van der Waals surface area (Å²) in [6, 6.07) is 2.40. The van der Waals surface area contributed by atoms with Crippen molar-refractivity contribution in [1.29, 1.82) is 0 Å². The molecule has 0 saturated carbocycles. The minimum absolute atomic E-state index is 0.170. The van der Waals surface area contributed by atoms with E-state index in [0.717, 1.165) is 19.4 Å². The minimum Gasteiger partial charge on any atom is -0.394 e. The highest BCUT2D eigenvalue weighted by Crippen LogP contribution is 2.14. The van der Waals surface area contributed by atoms with Gasteiger partial charge in [0.25, 0.3) is 0 Å². The van der Waals surface area contributed by atoms with Crippen LogP contribution in [0.3, 0.4) is 0 Å². The molecule has 1 aromatic heterocycles. The predicted molar refractivity (Wildman–Crippen MR) is 70.0 cm³/mol. The third-order valence-electron chi connectivity index (χ3n) is 3.01. The largest absolute Gasteiger partial charge is 0.394 e. The molecule has 0 aliphatic rings. The fraction of sp³-hybridized carbons (Fsp3) is 0.769. The third-order valence-corrected chi connectivity index (χ3v) is 3.01. The van der Waals surface area contributed by atoms with E-state index in [4.69, 9.17) is 0 Å². The predicted octanol–water partition coefficient (Wildman–Crippen LogP) is 1.72. The zero-order valence-corrected chi connectivity index (χ0v) is 11.4. The molecule has 1 unspecified atom stereocenters. The Labute approximate surface area is 104 Å². The van der Waals surface area contributed by atoms with Crippen molar-refractivity contribution in [3.05, 3.63) is 18.0 Å². The van der Waals surface area contributed by atoms with Gasteiger partial charge in [-0.2, -0.15) is 5.10 Å². The van der Waals surface area contributed by atoms with Crippen LogP contribution in [-0.2, 0) is 6.54 Å². The van der Waals surface area contributed by atoms with E-state index in [1.165, 1.54) is 5.69 Å². The van der Waals surface area contributed by atoms with E-state index in [1.54, 1.807) is 0 Å². The number of hydrogen-bond acceptors (Lipinski definition) is 3. The monoisotopic (exact) mass is 239 g/mol. The second kappa shape index (κ2) is 6.17. The molecular weight excluding hydrogens is 214 g/mol. The number of aryl methyl sites for hydroxylation is 2. The molecule has 17 heavy (non-hydrogen) atoms. The van der Waals surface area contributed by atoms with E-state index in [1.807, 2.05) is 16.9 Å². The van der Waals surface area contributed by atoms with E-state index in [0.29, 0.717) is 6.04 Å². The smallest absolute Gasteiger partial charge is 0.0610 e. The molecule has 2 N–H and O–H groups in total. The normalized spacial score (nSPS) is 15.2. The topological polar surface area (TPSA) is 50.1 Å². The Balaban J connectivity index is 2.40. The molecule has 1 atom stereocenters. The summed E-state index contributed by atoms with van der Waals surface area (Å²) in [5.41, 5.74) is 1.00. The average molecular weight is 239 g/mol. The molecule has 4 nitrogen and oxygen atoms in total. The highest BCUT2D eigenvalue weighted by molar-refractivity contribution is 4.96. The van der Waals surface area contributed by atoms with Gasteiger partial charge in [-0.15, -0.1) is 0 Å². The molecular formula is C13H25N3O. The Bertz CT molecular complexity index is 335. The van der Waals surface area contributed by atoms with Gasteiger partial charge in [-0.05, 0) is 32.8 Å². The molecule has 0 bridgehead atoms. The maximum Gasteiger partial charge on any atom is 0.0610 e. The standard InChI is InChI=1S/C13H25N3O/c1-11(2)15-13(4,10-17)7-5-9-16-12(3)6-8-14-16/h6,8,11,15,17H,5,7,9-10H2,1-4H3. The van der Waals surface area contributed by atoms with E-state index in [2.05, 4.69) is 38.1 Å². The number of nitrogens with zero attached hydrogens (tertiary/aromatic N) is 2. The highest BCUT2D eigenvalue weighted by Gasteiger charge is 2.23. The summed E-state index contributed by atoms with van der Waals surface area (Å²) < 4.78 is 2.01. The molecule has 0 aromatic carbocycles. The van der Waals surface area contributed by atoms with Crippen LogP contribution in [0.25, 0.3) is 0 Å². The Morgan fingerprint density at radius 2 is 2.24 bits per heavy atom. The van der Waals surface area contributed by atoms with Gasteiger partial charge in [-0.25, -0.2) is 0 Å². The van der Waals surface area contributed by atoms with Crippen molar-refractivity contribution in [3.8, 4) is 0 Å². The lowest BCUT2D eigenvalue weighted by atomic mass is 9.96. The summed E-state index contributed by atoms with van der Waals surface area (Å²) in [5, 5.41) is 17.1. The van der Waals surface area contributed by atoms with Gasteiger partial charge in [-0.1, -0.05) is 13.8 Å². The van der Waals surface area contributed by atoms with Crippen LogP contribution in [0.1, 0.15) is 39.3 Å². The first-order chi connectivity index (χ1) is 7.97. The fourth-order valence-electron chi connectivity index (χ4n) is 2.15. The third kappa shape index (κ3) is 4.48. The van der Waals surface area contributed by atoms with Crippen LogP contribution in [0, 0.1) is 6.92 Å². The molecule has 0 radical (unpaired) electrons. The number of hydrogen-bond donors (Lipinski definition) is 2. The van der Waals surface area contributed by atoms with Gasteiger partial charge in [0.05, 0.1) is 6.61 Å². The van der Waals surface area contributed by atoms with Crippen molar-refractivity contribution in [2.75, 3.05) is 6.61 Å². The summed E-state index contributed by atoms with van der Waals surface area (Å²) in [6.07, 6.45) is 3.78. The molecule has 1 heterocycles. The second-order valence-electron chi connectivity index (χ2n) is 5.32. The van der Waals surface area contributed by atoms with Gasteiger partial charge in [0.1, 0.15) is 0 Å². The Hall–Kier alpha value is -0.870. The van der Waals surface area contributed by atoms with Crippen LogP contribution in [-0.4, -0.2) is 33.1 Å². The van der Waals surface area contributed by atoms with Gasteiger partial charge < -0.3 is 10.4 Å². The molecule has 1 rings (SSSR count). The van der Waals surface area contributed by atoms with Crippen molar-refractivity contribution in [1.82, 2.24) is 15.1 Å². The number of aliphatic hydroxyl groups excluding tert-OH is 1. The first kappa shape index (κ1) is 14.2. The van der Waals surface area contributed by atoms with Gasteiger partial charge >= 0.3 is 0 Å². The van der Waals surface area contributed by atoms with Crippen molar-refractivity contribution in [2.24, 2.45) is 0 Å². The van der Waals surface area contributed by atoms with Crippen LogP contribution in [0.15, 0.2) is 12.3 Å². The van der Waals surface area contributed by atoms with Gasteiger partial charge in [0, 0.05) is 30.0 Å². The fourth-order valence-corrected chi connectivity index (χ4v) is 2.15. The van der Waals surface area contributed by atoms with Gasteiger partial charge in [-0.3, -0.25) is 4.68 Å². The lowest BCUT2D eigenvalue weighted by molar-refractivity contribution is 0.153. The highest BCUT2D eigenvalue weighted by atomic mass is 16.3. The van der Waals surface area contributed by atoms with Crippen LogP contribution >= 0.6 is 0 Å². The zero-order chi connectivity index (χ0) is 12.9. The van der Waals surface area contributed by atoms with Crippen LogP contribution < -0.4 is 5.32 Å².